The molecule has 2 N–H and O–H groups in total. The lowest BCUT2D eigenvalue weighted by atomic mass is 9.81. The number of halogens is 1. The SMILES string of the molecule is O=C1CCCCCC1(O)C(Nc1ccc(Br)cc1)c1ccccc1. The minimum Gasteiger partial charge on any atom is -0.380 e. The lowest BCUT2D eigenvalue weighted by molar-refractivity contribution is -0.139. The molecule has 0 heterocycles. The number of benzene rings is 2. The van der Waals surface area contributed by atoms with Crippen molar-refractivity contribution in [2.75, 3.05) is 5.32 Å². The molecule has 2 unspecified atom stereocenters. The highest BCUT2D eigenvalue weighted by Crippen LogP contribution is 2.37. The third-order valence-electron chi connectivity index (χ3n) is 4.71. The highest BCUT2D eigenvalue weighted by molar-refractivity contribution is 9.10. The van der Waals surface area contributed by atoms with Crippen molar-refractivity contribution in [3.63, 3.8) is 0 Å². The number of anilines is 1. The Bertz CT molecular complexity index is 687. The number of rotatable bonds is 4. The van der Waals surface area contributed by atoms with Gasteiger partial charge in [-0.2, -0.15) is 0 Å². The molecule has 4 heteroatoms. The van der Waals surface area contributed by atoms with Gasteiger partial charge in [-0.15, -0.1) is 0 Å². The summed E-state index contributed by atoms with van der Waals surface area (Å²) in [5, 5.41) is 14.7. The molecule has 2 aromatic rings. The molecule has 1 aliphatic carbocycles. The summed E-state index contributed by atoms with van der Waals surface area (Å²) in [6.07, 6.45) is 3.67. The molecule has 0 spiro atoms. The quantitative estimate of drug-likeness (QED) is 0.735. The van der Waals surface area contributed by atoms with Crippen LogP contribution in [0.4, 0.5) is 5.69 Å². The molecule has 3 rings (SSSR count). The first-order chi connectivity index (χ1) is 11.6. The summed E-state index contributed by atoms with van der Waals surface area (Å²) in [5.41, 5.74) is 0.445. The molecule has 3 nitrogen and oxygen atoms in total. The van der Waals surface area contributed by atoms with E-state index in [1.165, 1.54) is 0 Å². The average molecular weight is 388 g/mol. The molecule has 1 aliphatic rings. The minimum absolute atomic E-state index is 0.0570. The summed E-state index contributed by atoms with van der Waals surface area (Å²) in [6.45, 7) is 0. The van der Waals surface area contributed by atoms with Crippen LogP contribution < -0.4 is 5.32 Å². The zero-order valence-electron chi connectivity index (χ0n) is 13.5. The van der Waals surface area contributed by atoms with E-state index >= 15 is 0 Å². The van der Waals surface area contributed by atoms with Crippen molar-refractivity contribution in [2.24, 2.45) is 0 Å². The molecule has 0 amide bonds. The highest BCUT2D eigenvalue weighted by atomic mass is 79.9. The number of carbonyl (C=O) groups excluding carboxylic acids is 1. The van der Waals surface area contributed by atoms with Gasteiger partial charge in [0.25, 0.3) is 0 Å². The van der Waals surface area contributed by atoms with Crippen molar-refractivity contribution < 1.29 is 9.90 Å². The second-order valence-electron chi connectivity index (χ2n) is 6.40. The molecule has 0 radical (unpaired) electrons. The van der Waals surface area contributed by atoms with Gasteiger partial charge in [0.15, 0.2) is 5.78 Å². The maximum absolute atomic E-state index is 12.7. The van der Waals surface area contributed by atoms with Gasteiger partial charge < -0.3 is 10.4 Å². The zero-order chi connectivity index (χ0) is 17.0. The molecular formula is C20H22BrNO2. The van der Waals surface area contributed by atoms with E-state index in [4.69, 9.17) is 0 Å². The Balaban J connectivity index is 1.98. The maximum Gasteiger partial charge on any atom is 0.166 e. The fourth-order valence-corrected chi connectivity index (χ4v) is 3.62. The minimum atomic E-state index is -1.37. The normalized spacial score (nSPS) is 22.7. The van der Waals surface area contributed by atoms with Gasteiger partial charge in [-0.25, -0.2) is 0 Å². The van der Waals surface area contributed by atoms with Gasteiger partial charge in [0, 0.05) is 16.6 Å². The Labute approximate surface area is 151 Å². The van der Waals surface area contributed by atoms with E-state index in [0.29, 0.717) is 12.8 Å². The Morgan fingerprint density at radius 2 is 1.71 bits per heavy atom. The maximum atomic E-state index is 12.7. The summed E-state index contributed by atoms with van der Waals surface area (Å²) in [6, 6.07) is 17.1. The number of hydrogen-bond donors (Lipinski definition) is 2. The molecule has 126 valence electrons. The van der Waals surface area contributed by atoms with Crippen LogP contribution in [0.25, 0.3) is 0 Å². The third-order valence-corrected chi connectivity index (χ3v) is 5.24. The van der Waals surface area contributed by atoms with Crippen LogP contribution >= 0.6 is 15.9 Å². The van der Waals surface area contributed by atoms with E-state index in [1.807, 2.05) is 54.6 Å². The Morgan fingerprint density at radius 3 is 2.42 bits per heavy atom. The first-order valence-corrected chi connectivity index (χ1v) is 9.21. The fraction of sp³-hybridized carbons (Fsp3) is 0.350. The Kier molecular flexibility index (Phi) is 5.36. The van der Waals surface area contributed by atoms with Gasteiger partial charge in [-0.05, 0) is 42.7 Å². The molecule has 1 fully saturated rings. The molecular weight excluding hydrogens is 366 g/mol. The molecule has 1 saturated carbocycles. The van der Waals surface area contributed by atoms with E-state index < -0.39 is 11.6 Å². The van der Waals surface area contributed by atoms with Crippen molar-refractivity contribution in [3.05, 3.63) is 64.6 Å². The molecule has 2 aromatic carbocycles. The van der Waals surface area contributed by atoms with Gasteiger partial charge in [0.2, 0.25) is 0 Å². The highest BCUT2D eigenvalue weighted by Gasteiger charge is 2.44. The topological polar surface area (TPSA) is 49.3 Å². The van der Waals surface area contributed by atoms with Crippen molar-refractivity contribution >= 4 is 27.4 Å². The number of nitrogens with one attached hydrogen (secondary N) is 1. The van der Waals surface area contributed by atoms with E-state index in [-0.39, 0.29) is 5.78 Å². The van der Waals surface area contributed by atoms with Crippen LogP contribution in [-0.4, -0.2) is 16.5 Å². The monoisotopic (exact) mass is 387 g/mol. The van der Waals surface area contributed by atoms with Crippen LogP contribution in [0.5, 0.6) is 0 Å². The average Bonchev–Trinajstić information content (AvgIpc) is 2.77. The molecule has 0 saturated heterocycles. The van der Waals surface area contributed by atoms with Crippen LogP contribution in [0.2, 0.25) is 0 Å². The summed E-state index contributed by atoms with van der Waals surface area (Å²) >= 11 is 3.43. The van der Waals surface area contributed by atoms with E-state index in [1.54, 1.807) is 0 Å². The summed E-state index contributed by atoms with van der Waals surface area (Å²) < 4.78 is 0.994. The zero-order valence-corrected chi connectivity index (χ0v) is 15.1. The number of carbonyl (C=O) groups is 1. The Morgan fingerprint density at radius 1 is 1.00 bits per heavy atom. The fourth-order valence-electron chi connectivity index (χ4n) is 3.35. The summed E-state index contributed by atoms with van der Waals surface area (Å²) in [4.78, 5) is 12.7. The predicted molar refractivity (Wildman–Crippen MR) is 100.0 cm³/mol. The second-order valence-corrected chi connectivity index (χ2v) is 7.32. The largest absolute Gasteiger partial charge is 0.380 e. The van der Waals surface area contributed by atoms with E-state index in [2.05, 4.69) is 21.2 Å². The van der Waals surface area contributed by atoms with Crippen molar-refractivity contribution in [1.82, 2.24) is 0 Å². The number of ketones is 1. The van der Waals surface area contributed by atoms with Crippen molar-refractivity contribution in [1.29, 1.82) is 0 Å². The van der Waals surface area contributed by atoms with E-state index in [0.717, 1.165) is 35.0 Å². The lowest BCUT2D eigenvalue weighted by Gasteiger charge is -2.36. The first kappa shape index (κ1) is 17.2. The molecule has 0 bridgehead atoms. The van der Waals surface area contributed by atoms with Crippen LogP contribution in [0.15, 0.2) is 59.1 Å². The number of hydrogen-bond acceptors (Lipinski definition) is 3. The smallest absolute Gasteiger partial charge is 0.166 e. The van der Waals surface area contributed by atoms with Crippen LogP contribution in [-0.2, 0) is 4.79 Å². The summed E-state index contributed by atoms with van der Waals surface area (Å²) in [5.74, 6) is -0.0570. The van der Waals surface area contributed by atoms with Crippen molar-refractivity contribution in [3.8, 4) is 0 Å². The molecule has 24 heavy (non-hydrogen) atoms. The number of Topliss-reactive ketones (excluding diaryl/α,β-unsaturated/α-hetero) is 1. The summed E-state index contributed by atoms with van der Waals surface area (Å²) in [7, 11) is 0. The predicted octanol–water partition coefficient (Wildman–Crippen LogP) is 4.87. The standard InChI is InChI=1S/C20H22BrNO2/c21-16-10-12-17(13-11-16)22-19(15-7-3-1-4-8-15)20(24)14-6-2-5-9-18(20)23/h1,3-4,7-8,10-13,19,22,24H,2,5-6,9,14H2. The second kappa shape index (κ2) is 7.49. The van der Waals surface area contributed by atoms with Crippen LogP contribution in [0, 0.1) is 0 Å². The molecule has 2 atom stereocenters. The first-order valence-electron chi connectivity index (χ1n) is 8.42. The van der Waals surface area contributed by atoms with Gasteiger partial charge >= 0.3 is 0 Å². The third kappa shape index (κ3) is 3.70. The Hall–Kier alpha value is -1.65. The van der Waals surface area contributed by atoms with Crippen LogP contribution in [0.3, 0.4) is 0 Å². The van der Waals surface area contributed by atoms with Gasteiger partial charge in [-0.3, -0.25) is 4.79 Å². The molecule has 0 aliphatic heterocycles. The van der Waals surface area contributed by atoms with Crippen LogP contribution in [0.1, 0.15) is 43.7 Å². The lowest BCUT2D eigenvalue weighted by Crippen LogP contribution is -2.47. The van der Waals surface area contributed by atoms with Crippen molar-refractivity contribution in [2.45, 2.75) is 43.7 Å². The van der Waals surface area contributed by atoms with Gasteiger partial charge in [0.1, 0.15) is 5.60 Å². The molecule has 0 aromatic heterocycles. The number of aliphatic hydroxyl groups is 1. The van der Waals surface area contributed by atoms with Gasteiger partial charge in [-0.1, -0.05) is 59.1 Å². The van der Waals surface area contributed by atoms with E-state index in [9.17, 15) is 9.90 Å². The van der Waals surface area contributed by atoms with Gasteiger partial charge in [0.05, 0.1) is 6.04 Å².